The Morgan fingerprint density at radius 3 is 2.48 bits per heavy atom. The van der Waals surface area contributed by atoms with Crippen molar-refractivity contribution in [3.8, 4) is 0 Å². The zero-order valence-electron chi connectivity index (χ0n) is 14.8. The van der Waals surface area contributed by atoms with Crippen LogP contribution in [0.25, 0.3) is 0 Å². The first-order valence-electron chi connectivity index (χ1n) is 8.14. The van der Waals surface area contributed by atoms with Gasteiger partial charge >= 0.3 is 0 Å². The van der Waals surface area contributed by atoms with Gasteiger partial charge in [-0.1, -0.05) is 13.8 Å². The van der Waals surface area contributed by atoms with Gasteiger partial charge in [0.05, 0.1) is 17.0 Å². The lowest BCUT2D eigenvalue weighted by atomic mass is 10.2. The Kier molecular flexibility index (Phi) is 6.85. The molecule has 1 amide bonds. The second-order valence-electron chi connectivity index (χ2n) is 6.68. The molecule has 1 heterocycles. The molecule has 0 bridgehead atoms. The summed E-state index contributed by atoms with van der Waals surface area (Å²) in [6.45, 7) is 11.7. The van der Waals surface area contributed by atoms with E-state index >= 15 is 0 Å². The van der Waals surface area contributed by atoms with Gasteiger partial charge in [-0.3, -0.25) is 9.79 Å². The van der Waals surface area contributed by atoms with Gasteiger partial charge < -0.3 is 15.5 Å². The number of nitrogens with zero attached hydrogens (tertiary/aromatic N) is 2. The average Bonchev–Trinajstić information content (AvgIpc) is 2.45. The molecule has 134 valence electrons. The van der Waals surface area contributed by atoms with Crippen LogP contribution in [0.1, 0.15) is 34.6 Å². The van der Waals surface area contributed by atoms with Crippen molar-refractivity contribution in [1.29, 1.82) is 0 Å². The Morgan fingerprint density at radius 2 is 1.96 bits per heavy atom. The first kappa shape index (κ1) is 19.7. The van der Waals surface area contributed by atoms with E-state index < -0.39 is 14.6 Å². The maximum absolute atomic E-state index is 12.1. The molecule has 23 heavy (non-hydrogen) atoms. The van der Waals surface area contributed by atoms with E-state index in [0.29, 0.717) is 38.7 Å². The van der Waals surface area contributed by atoms with Crippen LogP contribution < -0.4 is 10.6 Å². The molecular weight excluding hydrogens is 316 g/mol. The fraction of sp³-hybridized carbons (Fsp3) is 0.867. The van der Waals surface area contributed by atoms with Crippen molar-refractivity contribution in [3.05, 3.63) is 0 Å². The lowest BCUT2D eigenvalue weighted by Gasteiger charge is -2.39. The molecule has 0 atom stereocenters. The Bertz CT molecular complexity index is 541. The number of carbonyl (C=O) groups excluding carboxylic acids is 1. The molecule has 2 N–H and O–H groups in total. The van der Waals surface area contributed by atoms with Crippen molar-refractivity contribution < 1.29 is 13.2 Å². The normalized spacial score (nSPS) is 20.4. The Balaban J connectivity index is 2.68. The lowest BCUT2D eigenvalue weighted by Crippen LogP contribution is -2.57. The fourth-order valence-corrected chi connectivity index (χ4v) is 3.66. The van der Waals surface area contributed by atoms with Crippen LogP contribution in [0.4, 0.5) is 0 Å². The van der Waals surface area contributed by atoms with E-state index in [0.717, 1.165) is 0 Å². The second kappa shape index (κ2) is 7.99. The topological polar surface area (TPSA) is 90.9 Å². The number of carbonyl (C=O) groups is 1. The van der Waals surface area contributed by atoms with Crippen LogP contribution in [-0.4, -0.2) is 68.4 Å². The molecule has 1 fully saturated rings. The second-order valence-corrected chi connectivity index (χ2v) is 9.42. The van der Waals surface area contributed by atoms with Crippen molar-refractivity contribution in [1.82, 2.24) is 15.5 Å². The largest absolute Gasteiger partial charge is 0.357 e. The average molecular weight is 346 g/mol. The number of rotatable bonds is 5. The van der Waals surface area contributed by atoms with E-state index in [1.807, 2.05) is 25.7 Å². The molecule has 8 heteroatoms. The first-order valence-corrected chi connectivity index (χ1v) is 9.79. The Hall–Kier alpha value is -1.31. The van der Waals surface area contributed by atoms with Crippen LogP contribution >= 0.6 is 0 Å². The van der Waals surface area contributed by atoms with Gasteiger partial charge in [-0.05, 0) is 20.8 Å². The third-order valence-electron chi connectivity index (χ3n) is 3.87. The summed E-state index contributed by atoms with van der Waals surface area (Å²) >= 11 is 0. The number of hydrogen-bond acceptors (Lipinski definition) is 4. The van der Waals surface area contributed by atoms with Crippen LogP contribution in [0.15, 0.2) is 4.99 Å². The lowest BCUT2D eigenvalue weighted by molar-refractivity contribution is -0.123. The van der Waals surface area contributed by atoms with Crippen molar-refractivity contribution in [2.24, 2.45) is 10.9 Å². The highest BCUT2D eigenvalue weighted by molar-refractivity contribution is 7.92. The maximum atomic E-state index is 12.1. The summed E-state index contributed by atoms with van der Waals surface area (Å²) in [5, 5.41) is 6.02. The van der Waals surface area contributed by atoms with Crippen molar-refractivity contribution in [2.75, 3.05) is 38.5 Å². The standard InChI is InChI=1S/C15H30N4O3S/c1-6-16-14(18-8-7-17-13(20)12(2)3)19-9-10-23(21,22)15(4,5)11-19/h12H,6-11H2,1-5H3,(H,16,18)(H,17,20). The van der Waals surface area contributed by atoms with Crippen molar-refractivity contribution >= 4 is 21.7 Å². The molecule has 0 aliphatic carbocycles. The maximum Gasteiger partial charge on any atom is 0.222 e. The van der Waals surface area contributed by atoms with Crippen LogP contribution in [-0.2, 0) is 14.6 Å². The summed E-state index contributed by atoms with van der Waals surface area (Å²) in [5.74, 6) is 0.805. The van der Waals surface area contributed by atoms with E-state index in [9.17, 15) is 13.2 Å². The molecule has 0 unspecified atom stereocenters. The number of nitrogens with one attached hydrogen (secondary N) is 2. The van der Waals surface area contributed by atoms with Gasteiger partial charge in [0.2, 0.25) is 5.91 Å². The monoisotopic (exact) mass is 346 g/mol. The SMILES string of the molecule is CCNC(=NCCNC(=O)C(C)C)N1CCS(=O)(=O)C(C)(C)C1. The zero-order valence-corrected chi connectivity index (χ0v) is 15.7. The van der Waals surface area contributed by atoms with Gasteiger partial charge in [0, 0.05) is 32.1 Å². The Morgan fingerprint density at radius 1 is 1.30 bits per heavy atom. The number of amides is 1. The minimum absolute atomic E-state index is 0.00963. The van der Waals surface area contributed by atoms with Crippen LogP contribution in [0.5, 0.6) is 0 Å². The van der Waals surface area contributed by atoms with Gasteiger partial charge in [0.1, 0.15) is 0 Å². The zero-order chi connectivity index (χ0) is 17.7. The molecular formula is C15H30N4O3S. The molecule has 0 spiro atoms. The molecule has 0 saturated carbocycles. The minimum Gasteiger partial charge on any atom is -0.357 e. The molecule has 1 aliphatic heterocycles. The third-order valence-corrected chi connectivity index (χ3v) is 6.41. The van der Waals surface area contributed by atoms with Crippen molar-refractivity contribution in [2.45, 2.75) is 39.4 Å². The molecule has 0 aromatic rings. The van der Waals surface area contributed by atoms with Gasteiger partial charge in [0.15, 0.2) is 15.8 Å². The van der Waals surface area contributed by atoms with E-state index in [1.54, 1.807) is 13.8 Å². The van der Waals surface area contributed by atoms with Gasteiger partial charge in [0.25, 0.3) is 0 Å². The predicted octanol–water partition coefficient (Wildman–Crippen LogP) is 0.233. The molecule has 0 aromatic heterocycles. The molecule has 1 rings (SSSR count). The van der Waals surface area contributed by atoms with Gasteiger partial charge in [-0.2, -0.15) is 0 Å². The molecule has 0 aromatic carbocycles. The predicted molar refractivity (Wildman–Crippen MR) is 93.3 cm³/mol. The molecule has 1 saturated heterocycles. The summed E-state index contributed by atoms with van der Waals surface area (Å²) in [4.78, 5) is 18.0. The van der Waals surface area contributed by atoms with Crippen LogP contribution in [0, 0.1) is 5.92 Å². The van der Waals surface area contributed by atoms with E-state index in [2.05, 4.69) is 15.6 Å². The highest BCUT2D eigenvalue weighted by Crippen LogP contribution is 2.23. The van der Waals surface area contributed by atoms with E-state index in [1.165, 1.54) is 0 Å². The van der Waals surface area contributed by atoms with Crippen LogP contribution in [0.3, 0.4) is 0 Å². The van der Waals surface area contributed by atoms with E-state index in [-0.39, 0.29) is 17.6 Å². The number of hydrogen-bond donors (Lipinski definition) is 2. The first-order chi connectivity index (χ1) is 10.6. The summed E-state index contributed by atoms with van der Waals surface area (Å²) in [5.41, 5.74) is 0. The Labute approximate surface area is 139 Å². The number of sulfone groups is 1. The summed E-state index contributed by atoms with van der Waals surface area (Å²) in [7, 11) is -3.07. The summed E-state index contributed by atoms with van der Waals surface area (Å²) in [6, 6.07) is 0. The van der Waals surface area contributed by atoms with Crippen molar-refractivity contribution in [3.63, 3.8) is 0 Å². The van der Waals surface area contributed by atoms with Gasteiger partial charge in [-0.25, -0.2) is 8.42 Å². The van der Waals surface area contributed by atoms with E-state index in [4.69, 9.17) is 0 Å². The highest BCUT2D eigenvalue weighted by Gasteiger charge is 2.40. The summed E-state index contributed by atoms with van der Waals surface area (Å²) < 4.78 is 23.4. The van der Waals surface area contributed by atoms with Gasteiger partial charge in [-0.15, -0.1) is 0 Å². The number of aliphatic imine (C=N–C) groups is 1. The molecule has 7 nitrogen and oxygen atoms in total. The number of guanidine groups is 1. The van der Waals surface area contributed by atoms with Crippen LogP contribution in [0.2, 0.25) is 0 Å². The third kappa shape index (κ3) is 5.37. The molecule has 0 radical (unpaired) electrons. The smallest absolute Gasteiger partial charge is 0.222 e. The fourth-order valence-electron chi connectivity index (χ4n) is 2.30. The highest BCUT2D eigenvalue weighted by atomic mass is 32.2. The summed E-state index contributed by atoms with van der Waals surface area (Å²) in [6.07, 6.45) is 0. The molecule has 1 aliphatic rings. The quantitative estimate of drug-likeness (QED) is 0.423. The minimum atomic E-state index is -3.07.